The molecular formula is C12H12ClF3N2O3. The Morgan fingerprint density at radius 3 is 2.19 bits per heavy atom. The van der Waals surface area contributed by atoms with Crippen LogP contribution in [-0.4, -0.2) is 28.8 Å². The smallest absolute Gasteiger partial charge is 0.422 e. The van der Waals surface area contributed by atoms with Gasteiger partial charge in [0.1, 0.15) is 0 Å². The monoisotopic (exact) mass is 324 g/mol. The summed E-state index contributed by atoms with van der Waals surface area (Å²) in [7, 11) is 0. The van der Waals surface area contributed by atoms with Gasteiger partial charge < -0.3 is 15.7 Å². The highest BCUT2D eigenvalue weighted by molar-refractivity contribution is 6.30. The van der Waals surface area contributed by atoms with Crippen LogP contribution in [0.15, 0.2) is 24.3 Å². The SMILES string of the molecule is CC(NC(=O)NCc1ccc(Cl)cc1)(C(=O)O)C(F)(F)F. The Labute approximate surface area is 123 Å². The summed E-state index contributed by atoms with van der Waals surface area (Å²) < 4.78 is 38.1. The summed E-state index contributed by atoms with van der Waals surface area (Å²) in [5, 5.41) is 12.7. The van der Waals surface area contributed by atoms with Gasteiger partial charge >= 0.3 is 18.2 Å². The van der Waals surface area contributed by atoms with E-state index in [1.54, 1.807) is 24.3 Å². The molecule has 3 N–H and O–H groups in total. The number of benzene rings is 1. The molecule has 1 atom stereocenters. The minimum Gasteiger partial charge on any atom is -0.479 e. The van der Waals surface area contributed by atoms with Crippen molar-refractivity contribution in [1.29, 1.82) is 0 Å². The molecule has 1 unspecified atom stereocenters. The third-order valence-corrected chi connectivity index (χ3v) is 2.98. The van der Waals surface area contributed by atoms with Crippen molar-refractivity contribution >= 4 is 23.6 Å². The van der Waals surface area contributed by atoms with Gasteiger partial charge in [-0.05, 0) is 24.6 Å². The van der Waals surface area contributed by atoms with Crippen molar-refractivity contribution in [2.45, 2.75) is 25.2 Å². The molecule has 0 aliphatic rings. The fraction of sp³-hybridized carbons (Fsp3) is 0.333. The lowest BCUT2D eigenvalue weighted by atomic mass is 10.0. The first kappa shape index (κ1) is 17.1. The molecule has 0 aliphatic heterocycles. The number of carboxylic acid groups (broad SMARTS) is 1. The van der Waals surface area contributed by atoms with Crippen LogP contribution in [0.2, 0.25) is 5.02 Å². The van der Waals surface area contributed by atoms with Crippen LogP contribution in [0.25, 0.3) is 0 Å². The first-order valence-corrected chi connectivity index (χ1v) is 6.04. The number of carboxylic acids is 1. The standard InChI is InChI=1S/C12H12ClF3N2O3/c1-11(9(19)20,12(14,15)16)18-10(21)17-6-7-2-4-8(13)5-3-7/h2-5H,6H2,1H3,(H,19,20)(H2,17,18,21). The average molecular weight is 325 g/mol. The van der Waals surface area contributed by atoms with E-state index in [0.717, 1.165) is 0 Å². The van der Waals surface area contributed by atoms with E-state index in [9.17, 15) is 22.8 Å². The topological polar surface area (TPSA) is 78.4 Å². The van der Waals surface area contributed by atoms with E-state index in [0.29, 0.717) is 17.5 Å². The molecule has 0 aromatic heterocycles. The summed E-state index contributed by atoms with van der Waals surface area (Å²) in [6, 6.07) is 5.00. The molecule has 0 saturated heterocycles. The molecule has 21 heavy (non-hydrogen) atoms. The van der Waals surface area contributed by atoms with Gasteiger partial charge in [0.25, 0.3) is 0 Å². The van der Waals surface area contributed by atoms with Crippen molar-refractivity contribution in [2.24, 2.45) is 0 Å². The molecule has 0 saturated carbocycles. The van der Waals surface area contributed by atoms with Crippen molar-refractivity contribution in [3.05, 3.63) is 34.9 Å². The zero-order chi connectivity index (χ0) is 16.3. The molecule has 0 heterocycles. The third-order valence-electron chi connectivity index (χ3n) is 2.72. The van der Waals surface area contributed by atoms with Gasteiger partial charge in [0.05, 0.1) is 0 Å². The molecule has 116 valence electrons. The van der Waals surface area contributed by atoms with E-state index in [1.165, 1.54) is 5.32 Å². The van der Waals surface area contributed by atoms with Gasteiger partial charge in [-0.25, -0.2) is 9.59 Å². The maximum atomic E-state index is 12.7. The molecule has 0 spiro atoms. The highest BCUT2D eigenvalue weighted by Crippen LogP contribution is 2.30. The van der Waals surface area contributed by atoms with Crippen LogP contribution in [0.3, 0.4) is 0 Å². The van der Waals surface area contributed by atoms with Crippen LogP contribution in [0.4, 0.5) is 18.0 Å². The minimum absolute atomic E-state index is 0.0729. The summed E-state index contributed by atoms with van der Waals surface area (Å²) >= 11 is 5.66. The van der Waals surface area contributed by atoms with Crippen LogP contribution >= 0.6 is 11.6 Å². The number of carbonyl (C=O) groups excluding carboxylic acids is 1. The molecule has 1 aromatic rings. The summed E-state index contributed by atoms with van der Waals surface area (Å²) in [5.74, 6) is -2.20. The van der Waals surface area contributed by atoms with Crippen molar-refractivity contribution < 1.29 is 27.9 Å². The van der Waals surface area contributed by atoms with E-state index in [4.69, 9.17) is 16.7 Å². The number of hydrogen-bond donors (Lipinski definition) is 3. The number of hydrogen-bond acceptors (Lipinski definition) is 2. The molecule has 0 fully saturated rings. The van der Waals surface area contributed by atoms with Gasteiger partial charge in [0.15, 0.2) is 0 Å². The van der Waals surface area contributed by atoms with Crippen molar-refractivity contribution in [3.8, 4) is 0 Å². The first-order valence-electron chi connectivity index (χ1n) is 5.67. The van der Waals surface area contributed by atoms with Crippen LogP contribution in [0, 0.1) is 0 Å². The Bertz CT molecular complexity index is 534. The fourth-order valence-corrected chi connectivity index (χ4v) is 1.43. The number of urea groups is 1. The Morgan fingerprint density at radius 2 is 1.76 bits per heavy atom. The maximum Gasteiger partial charge on any atom is 0.422 e. The Balaban J connectivity index is 2.67. The van der Waals surface area contributed by atoms with Crippen LogP contribution < -0.4 is 10.6 Å². The van der Waals surface area contributed by atoms with Crippen LogP contribution in [0.5, 0.6) is 0 Å². The molecule has 1 rings (SSSR count). The number of nitrogens with one attached hydrogen (secondary N) is 2. The zero-order valence-electron chi connectivity index (χ0n) is 10.8. The zero-order valence-corrected chi connectivity index (χ0v) is 11.5. The predicted molar refractivity (Wildman–Crippen MR) is 68.9 cm³/mol. The van der Waals surface area contributed by atoms with Crippen molar-refractivity contribution in [1.82, 2.24) is 10.6 Å². The Morgan fingerprint density at radius 1 is 1.24 bits per heavy atom. The Hall–Kier alpha value is -1.96. The average Bonchev–Trinajstić information content (AvgIpc) is 2.36. The number of rotatable bonds is 4. The number of amides is 2. The Kier molecular flexibility index (Phi) is 5.06. The van der Waals surface area contributed by atoms with Crippen LogP contribution in [0.1, 0.15) is 12.5 Å². The predicted octanol–water partition coefficient (Wildman–Crippen LogP) is 2.54. The highest BCUT2D eigenvalue weighted by Gasteiger charge is 2.58. The third kappa shape index (κ3) is 4.25. The summed E-state index contributed by atoms with van der Waals surface area (Å²) in [5.41, 5.74) is -2.77. The molecule has 0 radical (unpaired) electrons. The lowest BCUT2D eigenvalue weighted by Gasteiger charge is -2.28. The molecule has 0 bridgehead atoms. The second kappa shape index (κ2) is 6.21. The summed E-state index contributed by atoms with van der Waals surface area (Å²) in [6.07, 6.45) is -5.13. The highest BCUT2D eigenvalue weighted by atomic mass is 35.5. The molecule has 9 heteroatoms. The lowest BCUT2D eigenvalue weighted by molar-refractivity contribution is -0.203. The molecule has 0 aliphatic carbocycles. The minimum atomic E-state index is -5.13. The largest absolute Gasteiger partial charge is 0.479 e. The van der Waals surface area contributed by atoms with Gasteiger partial charge in [-0.1, -0.05) is 23.7 Å². The van der Waals surface area contributed by atoms with Gasteiger partial charge in [-0.15, -0.1) is 0 Å². The summed E-state index contributed by atoms with van der Waals surface area (Å²) in [4.78, 5) is 22.2. The molecular weight excluding hydrogens is 313 g/mol. The summed E-state index contributed by atoms with van der Waals surface area (Å²) in [6.45, 7) is 0.299. The van der Waals surface area contributed by atoms with Gasteiger partial charge in [0, 0.05) is 11.6 Å². The van der Waals surface area contributed by atoms with E-state index >= 15 is 0 Å². The molecule has 2 amide bonds. The fourth-order valence-electron chi connectivity index (χ4n) is 1.30. The normalized spacial score (nSPS) is 14.1. The van der Waals surface area contributed by atoms with Gasteiger partial charge in [-0.2, -0.15) is 13.2 Å². The lowest BCUT2D eigenvalue weighted by Crippen LogP contribution is -2.63. The maximum absolute atomic E-state index is 12.7. The second-order valence-corrected chi connectivity index (χ2v) is 4.80. The van der Waals surface area contributed by atoms with E-state index < -0.39 is 23.7 Å². The van der Waals surface area contributed by atoms with Crippen LogP contribution in [-0.2, 0) is 11.3 Å². The number of aliphatic carboxylic acids is 1. The van der Waals surface area contributed by atoms with Gasteiger partial charge in [-0.3, -0.25) is 0 Å². The second-order valence-electron chi connectivity index (χ2n) is 4.36. The van der Waals surface area contributed by atoms with Crippen molar-refractivity contribution in [3.63, 3.8) is 0 Å². The van der Waals surface area contributed by atoms with E-state index in [1.807, 2.05) is 0 Å². The van der Waals surface area contributed by atoms with Gasteiger partial charge in [0.2, 0.25) is 5.54 Å². The van der Waals surface area contributed by atoms with E-state index in [-0.39, 0.29) is 6.54 Å². The number of alkyl halides is 3. The molecule has 5 nitrogen and oxygen atoms in total. The van der Waals surface area contributed by atoms with E-state index in [2.05, 4.69) is 5.32 Å². The molecule has 1 aromatic carbocycles. The van der Waals surface area contributed by atoms with Crippen molar-refractivity contribution in [2.75, 3.05) is 0 Å². The quantitative estimate of drug-likeness (QED) is 0.796. The first-order chi connectivity index (χ1) is 9.56. The number of carbonyl (C=O) groups is 2. The number of halogens is 4.